The van der Waals surface area contributed by atoms with Gasteiger partial charge in [0.2, 0.25) is 10.0 Å². The molecule has 0 aromatic heterocycles. The molecule has 0 fully saturated rings. The molecule has 0 saturated heterocycles. The van der Waals surface area contributed by atoms with Crippen LogP contribution >= 0.6 is 0 Å². The van der Waals surface area contributed by atoms with E-state index < -0.39 is 10.0 Å². The Morgan fingerprint density at radius 3 is 2.37 bits per heavy atom. The molecule has 0 atom stereocenters. The first-order valence-electron chi connectivity index (χ1n) is 8.44. The zero-order valence-electron chi connectivity index (χ0n) is 15.6. The summed E-state index contributed by atoms with van der Waals surface area (Å²) in [5, 5.41) is 2.77. The lowest BCUT2D eigenvalue weighted by Gasteiger charge is -2.20. The van der Waals surface area contributed by atoms with Gasteiger partial charge in [0.25, 0.3) is 5.91 Å². The maximum atomic E-state index is 12.0. The number of nitrogens with zero attached hydrogens (tertiary/aromatic N) is 1. The Bertz CT molecular complexity index is 866. The topological polar surface area (TPSA) is 84.9 Å². The highest BCUT2D eigenvalue weighted by Gasteiger charge is 2.15. The molecule has 0 spiro atoms. The number of rotatable bonds is 9. The number of nitrogens with one attached hydrogen (secondary N) is 1. The molecule has 8 heteroatoms. The molecule has 0 bridgehead atoms. The minimum atomic E-state index is -3.33. The molecule has 0 heterocycles. The fourth-order valence-electron chi connectivity index (χ4n) is 2.56. The van der Waals surface area contributed by atoms with Gasteiger partial charge in [-0.1, -0.05) is 18.2 Å². The summed E-state index contributed by atoms with van der Waals surface area (Å²) in [5.41, 5.74) is 1.42. The number of hydrogen-bond donors (Lipinski definition) is 1. The van der Waals surface area contributed by atoms with Gasteiger partial charge in [0.1, 0.15) is 11.5 Å². The summed E-state index contributed by atoms with van der Waals surface area (Å²) in [6, 6.07) is 14.0. The van der Waals surface area contributed by atoms with Gasteiger partial charge in [-0.15, -0.1) is 0 Å². The molecule has 27 heavy (non-hydrogen) atoms. The monoisotopic (exact) mass is 392 g/mol. The minimum absolute atomic E-state index is 0.141. The van der Waals surface area contributed by atoms with E-state index in [1.807, 2.05) is 24.3 Å². The van der Waals surface area contributed by atoms with E-state index in [0.29, 0.717) is 30.3 Å². The van der Waals surface area contributed by atoms with E-state index in [1.54, 1.807) is 38.3 Å². The van der Waals surface area contributed by atoms with Crippen LogP contribution in [0.15, 0.2) is 48.5 Å². The van der Waals surface area contributed by atoms with E-state index in [1.165, 1.54) is 4.31 Å². The number of carbonyl (C=O) groups excluding carboxylic acids is 1. The zero-order chi connectivity index (χ0) is 19.9. The average Bonchev–Trinajstić information content (AvgIpc) is 2.65. The Labute approximate surface area is 160 Å². The number of ether oxygens (including phenoxy) is 2. The fourth-order valence-corrected chi connectivity index (χ4v) is 3.53. The fraction of sp³-hybridized carbons (Fsp3) is 0.316. The van der Waals surface area contributed by atoms with Crippen LogP contribution in [0.4, 0.5) is 5.69 Å². The van der Waals surface area contributed by atoms with E-state index in [9.17, 15) is 13.2 Å². The predicted octanol–water partition coefficient (Wildman–Crippen LogP) is 2.18. The summed E-state index contributed by atoms with van der Waals surface area (Å²) in [6.07, 6.45) is 1.16. The molecule has 2 rings (SSSR count). The van der Waals surface area contributed by atoms with Crippen LogP contribution in [0.3, 0.4) is 0 Å². The van der Waals surface area contributed by atoms with Crippen LogP contribution in [0.5, 0.6) is 11.5 Å². The van der Waals surface area contributed by atoms with Gasteiger partial charge in [-0.2, -0.15) is 0 Å². The van der Waals surface area contributed by atoms with Crippen molar-refractivity contribution in [2.75, 3.05) is 30.8 Å². The number of amides is 1. The van der Waals surface area contributed by atoms with Gasteiger partial charge >= 0.3 is 0 Å². The number of hydrogen-bond acceptors (Lipinski definition) is 5. The summed E-state index contributed by atoms with van der Waals surface area (Å²) in [5.74, 6) is 0.924. The highest BCUT2D eigenvalue weighted by molar-refractivity contribution is 7.92. The summed E-state index contributed by atoms with van der Waals surface area (Å²) >= 11 is 0. The van der Waals surface area contributed by atoms with E-state index in [-0.39, 0.29) is 12.5 Å². The Balaban J connectivity index is 1.88. The number of anilines is 1. The lowest BCUT2D eigenvalue weighted by atomic mass is 10.2. The molecule has 2 aromatic rings. The maximum absolute atomic E-state index is 12.0. The van der Waals surface area contributed by atoms with Crippen molar-refractivity contribution in [3.05, 3.63) is 54.1 Å². The van der Waals surface area contributed by atoms with Gasteiger partial charge in [-0.05, 0) is 37.3 Å². The standard InChI is InChI=1S/C19H24N2O5S/c1-4-21(27(3,23)24)16-9-11-17(12-10-16)26-14-19(22)20-13-15-7-5-6-8-18(15)25-2/h5-12H,4,13-14H2,1-3H3,(H,20,22). The predicted molar refractivity (Wildman–Crippen MR) is 105 cm³/mol. The van der Waals surface area contributed by atoms with Gasteiger partial charge in [0, 0.05) is 18.7 Å². The van der Waals surface area contributed by atoms with E-state index in [4.69, 9.17) is 9.47 Å². The third-order valence-electron chi connectivity index (χ3n) is 3.85. The Morgan fingerprint density at radius 2 is 1.78 bits per heavy atom. The molecule has 0 aliphatic heterocycles. The van der Waals surface area contributed by atoms with Gasteiger partial charge in [0.05, 0.1) is 19.1 Å². The second kappa shape index (κ2) is 9.27. The van der Waals surface area contributed by atoms with Gasteiger partial charge < -0.3 is 14.8 Å². The second-order valence-electron chi connectivity index (χ2n) is 5.80. The maximum Gasteiger partial charge on any atom is 0.258 e. The largest absolute Gasteiger partial charge is 0.496 e. The van der Waals surface area contributed by atoms with Crippen molar-refractivity contribution in [2.45, 2.75) is 13.5 Å². The van der Waals surface area contributed by atoms with Gasteiger partial charge in [-0.3, -0.25) is 9.10 Å². The first kappa shape index (κ1) is 20.6. The molecular weight excluding hydrogens is 368 g/mol. The van der Waals surface area contributed by atoms with E-state index >= 15 is 0 Å². The van der Waals surface area contributed by atoms with Crippen LogP contribution in [-0.4, -0.2) is 40.8 Å². The van der Waals surface area contributed by atoms with E-state index in [0.717, 1.165) is 11.8 Å². The number of methoxy groups -OCH3 is 1. The van der Waals surface area contributed by atoms with E-state index in [2.05, 4.69) is 5.32 Å². The highest BCUT2D eigenvalue weighted by Crippen LogP contribution is 2.21. The van der Waals surface area contributed by atoms with Crippen molar-refractivity contribution in [1.29, 1.82) is 0 Å². The molecule has 146 valence electrons. The third-order valence-corrected chi connectivity index (χ3v) is 5.12. The number of para-hydroxylation sites is 1. The smallest absolute Gasteiger partial charge is 0.258 e. The third kappa shape index (κ3) is 5.89. The molecule has 2 aromatic carbocycles. The SMILES string of the molecule is CCN(c1ccc(OCC(=O)NCc2ccccc2OC)cc1)S(C)(=O)=O. The van der Waals surface area contributed by atoms with Crippen molar-refractivity contribution in [2.24, 2.45) is 0 Å². The minimum Gasteiger partial charge on any atom is -0.496 e. The van der Waals surface area contributed by atoms with Crippen LogP contribution in [-0.2, 0) is 21.4 Å². The highest BCUT2D eigenvalue weighted by atomic mass is 32.2. The molecule has 1 N–H and O–H groups in total. The molecular formula is C19H24N2O5S. The van der Waals surface area contributed by atoms with Crippen LogP contribution in [0.2, 0.25) is 0 Å². The first-order chi connectivity index (χ1) is 12.8. The zero-order valence-corrected chi connectivity index (χ0v) is 16.5. The molecule has 0 aliphatic rings. The van der Waals surface area contributed by atoms with Gasteiger partial charge in [0.15, 0.2) is 6.61 Å². The molecule has 0 unspecified atom stereocenters. The summed E-state index contributed by atoms with van der Waals surface area (Å²) < 4.78 is 35.4. The van der Waals surface area contributed by atoms with Crippen LogP contribution in [0.25, 0.3) is 0 Å². The van der Waals surface area contributed by atoms with Crippen LogP contribution < -0.4 is 19.1 Å². The molecule has 0 saturated carbocycles. The number of carbonyl (C=O) groups is 1. The van der Waals surface area contributed by atoms with Crippen molar-refractivity contribution in [3.63, 3.8) is 0 Å². The lowest BCUT2D eigenvalue weighted by molar-refractivity contribution is -0.123. The summed E-state index contributed by atoms with van der Waals surface area (Å²) in [7, 11) is -1.75. The van der Waals surface area contributed by atoms with Gasteiger partial charge in [-0.25, -0.2) is 8.42 Å². The normalized spacial score (nSPS) is 10.9. The van der Waals surface area contributed by atoms with Crippen molar-refractivity contribution in [3.8, 4) is 11.5 Å². The molecule has 7 nitrogen and oxygen atoms in total. The first-order valence-corrected chi connectivity index (χ1v) is 10.3. The molecule has 0 aliphatic carbocycles. The number of benzene rings is 2. The quantitative estimate of drug-likeness (QED) is 0.707. The Morgan fingerprint density at radius 1 is 1.11 bits per heavy atom. The second-order valence-corrected chi connectivity index (χ2v) is 7.71. The molecule has 0 radical (unpaired) electrons. The summed E-state index contributed by atoms with van der Waals surface area (Å²) in [6.45, 7) is 2.30. The lowest BCUT2D eigenvalue weighted by Crippen LogP contribution is -2.29. The van der Waals surface area contributed by atoms with Crippen LogP contribution in [0.1, 0.15) is 12.5 Å². The average molecular weight is 392 g/mol. The van der Waals surface area contributed by atoms with Crippen molar-refractivity contribution < 1.29 is 22.7 Å². The Kier molecular flexibility index (Phi) is 7.06. The number of sulfonamides is 1. The summed E-state index contributed by atoms with van der Waals surface area (Å²) in [4.78, 5) is 12.0. The Hall–Kier alpha value is -2.74. The van der Waals surface area contributed by atoms with Crippen molar-refractivity contribution in [1.82, 2.24) is 5.32 Å². The van der Waals surface area contributed by atoms with Crippen LogP contribution in [0, 0.1) is 0 Å². The molecule has 1 amide bonds. The van der Waals surface area contributed by atoms with Crippen molar-refractivity contribution >= 4 is 21.6 Å².